The van der Waals surface area contributed by atoms with Crippen LogP contribution in [0.3, 0.4) is 0 Å². The van der Waals surface area contributed by atoms with Gasteiger partial charge in [0.1, 0.15) is 4.60 Å². The van der Waals surface area contributed by atoms with Gasteiger partial charge in [0.05, 0.1) is 11.9 Å². The van der Waals surface area contributed by atoms with Crippen LogP contribution in [-0.4, -0.2) is 36.1 Å². The molecular formula is C13H20BrN3. The zero-order chi connectivity index (χ0) is 12.3. The summed E-state index contributed by atoms with van der Waals surface area (Å²) in [7, 11) is 2.21. The van der Waals surface area contributed by atoms with Gasteiger partial charge in [0.25, 0.3) is 0 Å². The Hall–Kier alpha value is -0.610. The second kappa shape index (κ2) is 5.83. The number of hydrogen-bond donors (Lipinski definition) is 1. The quantitative estimate of drug-likeness (QED) is 0.870. The van der Waals surface area contributed by atoms with Gasteiger partial charge in [0.15, 0.2) is 0 Å². The van der Waals surface area contributed by atoms with Crippen molar-refractivity contribution in [1.29, 1.82) is 0 Å². The predicted octanol–water partition coefficient (Wildman–Crippen LogP) is 2.99. The molecule has 17 heavy (non-hydrogen) atoms. The number of halogens is 1. The monoisotopic (exact) mass is 297 g/mol. The average Bonchev–Trinajstić information content (AvgIpc) is 2.32. The minimum Gasteiger partial charge on any atom is -0.381 e. The number of anilines is 1. The highest BCUT2D eigenvalue weighted by Crippen LogP contribution is 2.21. The maximum atomic E-state index is 4.24. The van der Waals surface area contributed by atoms with Crippen LogP contribution >= 0.6 is 15.9 Å². The topological polar surface area (TPSA) is 28.2 Å². The zero-order valence-corrected chi connectivity index (χ0v) is 12.1. The fourth-order valence-electron chi connectivity index (χ4n) is 2.46. The summed E-state index contributed by atoms with van der Waals surface area (Å²) in [6.07, 6.45) is 4.52. The molecule has 1 saturated heterocycles. The molecule has 1 aromatic rings. The van der Waals surface area contributed by atoms with Gasteiger partial charge in [-0.3, -0.25) is 0 Å². The Labute approximate surface area is 112 Å². The highest BCUT2D eigenvalue weighted by atomic mass is 79.9. The van der Waals surface area contributed by atoms with Crippen LogP contribution in [0, 0.1) is 5.92 Å². The number of nitrogens with zero attached hydrogens (tertiary/aromatic N) is 2. The maximum absolute atomic E-state index is 4.24. The standard InChI is InChI=1S/C13H20BrN3/c1-10(11-4-3-7-17(2)9-11)16-12-5-6-13(14)15-8-12/h5-6,8,10-11,16H,3-4,7,9H2,1-2H3. The third-order valence-electron chi connectivity index (χ3n) is 3.49. The van der Waals surface area contributed by atoms with E-state index in [1.54, 1.807) is 0 Å². The van der Waals surface area contributed by atoms with Gasteiger partial charge in [0.2, 0.25) is 0 Å². The molecule has 0 amide bonds. The lowest BCUT2D eigenvalue weighted by molar-refractivity contribution is 0.197. The van der Waals surface area contributed by atoms with Crippen LogP contribution in [0.15, 0.2) is 22.9 Å². The molecule has 1 aliphatic rings. The molecule has 2 heterocycles. The van der Waals surface area contributed by atoms with Crippen LogP contribution in [-0.2, 0) is 0 Å². The zero-order valence-electron chi connectivity index (χ0n) is 10.5. The average molecular weight is 298 g/mol. The van der Waals surface area contributed by atoms with Gasteiger partial charge < -0.3 is 10.2 Å². The summed E-state index contributed by atoms with van der Waals surface area (Å²) in [4.78, 5) is 6.66. The lowest BCUT2D eigenvalue weighted by atomic mass is 9.92. The minimum absolute atomic E-state index is 0.501. The van der Waals surface area contributed by atoms with E-state index in [0.29, 0.717) is 6.04 Å². The van der Waals surface area contributed by atoms with Crippen molar-refractivity contribution in [3.8, 4) is 0 Å². The first-order valence-corrected chi connectivity index (χ1v) is 7.01. The van der Waals surface area contributed by atoms with Crippen LogP contribution in [0.5, 0.6) is 0 Å². The van der Waals surface area contributed by atoms with Crippen molar-refractivity contribution in [1.82, 2.24) is 9.88 Å². The molecule has 0 aliphatic carbocycles. The largest absolute Gasteiger partial charge is 0.381 e. The highest BCUT2D eigenvalue weighted by molar-refractivity contribution is 9.10. The molecule has 0 spiro atoms. The predicted molar refractivity (Wildman–Crippen MR) is 75.2 cm³/mol. The number of likely N-dealkylation sites (tertiary alicyclic amines) is 1. The van der Waals surface area contributed by atoms with Gasteiger partial charge in [-0.15, -0.1) is 0 Å². The molecule has 0 radical (unpaired) electrons. The van der Waals surface area contributed by atoms with Gasteiger partial charge in [-0.05, 0) is 67.3 Å². The molecule has 0 bridgehead atoms. The molecule has 3 nitrogen and oxygen atoms in total. The van der Waals surface area contributed by atoms with E-state index in [0.717, 1.165) is 16.2 Å². The van der Waals surface area contributed by atoms with Gasteiger partial charge in [-0.2, -0.15) is 0 Å². The first-order chi connectivity index (χ1) is 8.15. The fraction of sp³-hybridized carbons (Fsp3) is 0.615. The maximum Gasteiger partial charge on any atom is 0.106 e. The molecule has 1 fully saturated rings. The lowest BCUT2D eigenvalue weighted by Crippen LogP contribution is -2.39. The molecule has 1 N–H and O–H groups in total. The van der Waals surface area contributed by atoms with E-state index >= 15 is 0 Å². The molecule has 1 aromatic heterocycles. The SMILES string of the molecule is CC(Nc1ccc(Br)nc1)C1CCCN(C)C1. The Kier molecular flexibility index (Phi) is 4.40. The van der Waals surface area contributed by atoms with Crippen molar-refractivity contribution in [3.05, 3.63) is 22.9 Å². The summed E-state index contributed by atoms with van der Waals surface area (Å²) < 4.78 is 0.883. The first-order valence-electron chi connectivity index (χ1n) is 6.22. The molecule has 1 aliphatic heterocycles. The number of piperidine rings is 1. The van der Waals surface area contributed by atoms with Gasteiger partial charge in [0, 0.05) is 12.6 Å². The summed E-state index contributed by atoms with van der Waals surface area (Å²) >= 11 is 3.35. The summed E-state index contributed by atoms with van der Waals surface area (Å²) in [5.41, 5.74) is 1.11. The van der Waals surface area contributed by atoms with Gasteiger partial charge in [-0.1, -0.05) is 0 Å². The number of rotatable bonds is 3. The lowest BCUT2D eigenvalue weighted by Gasteiger charge is -2.34. The summed E-state index contributed by atoms with van der Waals surface area (Å²) in [6, 6.07) is 4.54. The Balaban J connectivity index is 1.91. The Morgan fingerprint density at radius 3 is 3.00 bits per heavy atom. The van der Waals surface area contributed by atoms with E-state index in [2.05, 4.69) is 51.2 Å². The molecule has 2 atom stereocenters. The normalized spacial score (nSPS) is 23.4. The summed E-state index contributed by atoms with van der Waals surface area (Å²) in [5, 5.41) is 3.55. The van der Waals surface area contributed by atoms with E-state index in [-0.39, 0.29) is 0 Å². The molecule has 0 saturated carbocycles. The van der Waals surface area contributed by atoms with Crippen molar-refractivity contribution in [3.63, 3.8) is 0 Å². The Morgan fingerprint density at radius 1 is 1.53 bits per heavy atom. The van der Waals surface area contributed by atoms with E-state index in [4.69, 9.17) is 0 Å². The van der Waals surface area contributed by atoms with E-state index in [9.17, 15) is 0 Å². The van der Waals surface area contributed by atoms with Gasteiger partial charge >= 0.3 is 0 Å². The summed E-state index contributed by atoms with van der Waals surface area (Å²) in [6.45, 7) is 4.70. The second-order valence-electron chi connectivity index (χ2n) is 4.97. The molecule has 4 heteroatoms. The number of aromatic nitrogens is 1. The number of nitrogens with one attached hydrogen (secondary N) is 1. The Morgan fingerprint density at radius 2 is 2.35 bits per heavy atom. The van der Waals surface area contributed by atoms with Crippen molar-refractivity contribution >= 4 is 21.6 Å². The third-order valence-corrected chi connectivity index (χ3v) is 3.96. The highest BCUT2D eigenvalue weighted by Gasteiger charge is 2.22. The van der Waals surface area contributed by atoms with E-state index in [1.807, 2.05) is 12.3 Å². The number of pyridine rings is 1. The smallest absolute Gasteiger partial charge is 0.106 e. The van der Waals surface area contributed by atoms with Crippen LogP contribution in [0.25, 0.3) is 0 Å². The van der Waals surface area contributed by atoms with Crippen LogP contribution < -0.4 is 5.32 Å². The van der Waals surface area contributed by atoms with E-state index < -0.39 is 0 Å². The second-order valence-corrected chi connectivity index (χ2v) is 5.78. The number of hydrogen-bond acceptors (Lipinski definition) is 3. The van der Waals surface area contributed by atoms with Crippen molar-refractivity contribution in [2.24, 2.45) is 5.92 Å². The third kappa shape index (κ3) is 3.68. The molecule has 94 valence electrons. The van der Waals surface area contributed by atoms with Crippen LogP contribution in [0.2, 0.25) is 0 Å². The molecule has 2 unspecified atom stereocenters. The van der Waals surface area contributed by atoms with Crippen molar-refractivity contribution < 1.29 is 0 Å². The van der Waals surface area contributed by atoms with Crippen LogP contribution in [0.4, 0.5) is 5.69 Å². The fourth-order valence-corrected chi connectivity index (χ4v) is 2.69. The minimum atomic E-state index is 0.501. The van der Waals surface area contributed by atoms with Crippen LogP contribution in [0.1, 0.15) is 19.8 Å². The van der Waals surface area contributed by atoms with E-state index in [1.165, 1.54) is 25.9 Å². The van der Waals surface area contributed by atoms with Gasteiger partial charge in [-0.25, -0.2) is 4.98 Å². The van der Waals surface area contributed by atoms with Crippen molar-refractivity contribution in [2.45, 2.75) is 25.8 Å². The Bertz CT molecular complexity index is 352. The molecule has 2 rings (SSSR count). The summed E-state index contributed by atoms with van der Waals surface area (Å²) in [5.74, 6) is 0.734. The first kappa shape index (κ1) is 12.8. The van der Waals surface area contributed by atoms with Crippen molar-refractivity contribution in [2.75, 3.05) is 25.5 Å². The molecular weight excluding hydrogens is 278 g/mol. The molecule has 0 aromatic carbocycles.